The Morgan fingerprint density at radius 3 is 2.72 bits per heavy atom. The van der Waals surface area contributed by atoms with Gasteiger partial charge in [0.15, 0.2) is 0 Å². The van der Waals surface area contributed by atoms with Gasteiger partial charge in [-0.1, -0.05) is 30.3 Å². The Morgan fingerprint density at radius 1 is 1.17 bits per heavy atom. The molecule has 150 valence electrons. The maximum absolute atomic E-state index is 13.5. The SMILES string of the molecule is Cc1ncc(C(=O)N2CCC[C@@H](c3nccn3C(C)C)C2)c(-c2ccccc2)n1. The molecule has 6 heteroatoms. The largest absolute Gasteiger partial charge is 0.338 e. The average Bonchev–Trinajstić information content (AvgIpc) is 3.24. The Morgan fingerprint density at radius 2 is 1.97 bits per heavy atom. The molecule has 0 spiro atoms. The van der Waals surface area contributed by atoms with Crippen molar-refractivity contribution < 1.29 is 4.79 Å². The number of hydrogen-bond acceptors (Lipinski definition) is 4. The smallest absolute Gasteiger partial charge is 0.257 e. The molecule has 0 saturated carbocycles. The predicted octanol–water partition coefficient (Wildman–Crippen LogP) is 4.25. The van der Waals surface area contributed by atoms with Crippen LogP contribution in [0.25, 0.3) is 11.3 Å². The van der Waals surface area contributed by atoms with Gasteiger partial charge in [0.25, 0.3) is 5.91 Å². The molecule has 1 aliphatic rings. The zero-order valence-corrected chi connectivity index (χ0v) is 17.2. The van der Waals surface area contributed by atoms with E-state index in [0.29, 0.717) is 29.7 Å². The van der Waals surface area contributed by atoms with Gasteiger partial charge in [-0.3, -0.25) is 4.79 Å². The molecule has 0 N–H and O–H groups in total. The molecule has 1 fully saturated rings. The van der Waals surface area contributed by atoms with Crippen LogP contribution in [0.3, 0.4) is 0 Å². The first-order valence-electron chi connectivity index (χ1n) is 10.3. The van der Waals surface area contributed by atoms with E-state index in [1.165, 1.54) is 0 Å². The van der Waals surface area contributed by atoms with E-state index in [1.807, 2.05) is 54.5 Å². The molecule has 1 atom stereocenters. The summed E-state index contributed by atoms with van der Waals surface area (Å²) in [5, 5.41) is 0. The summed E-state index contributed by atoms with van der Waals surface area (Å²) in [6.07, 6.45) is 7.57. The van der Waals surface area contributed by atoms with E-state index in [9.17, 15) is 4.79 Å². The molecule has 1 aliphatic heterocycles. The topological polar surface area (TPSA) is 63.9 Å². The lowest BCUT2D eigenvalue weighted by molar-refractivity contribution is 0.0703. The Kier molecular flexibility index (Phi) is 5.43. The van der Waals surface area contributed by atoms with E-state index in [2.05, 4.69) is 33.4 Å². The zero-order chi connectivity index (χ0) is 20.4. The molecule has 1 amide bonds. The number of aryl methyl sites for hydroxylation is 1. The van der Waals surface area contributed by atoms with Crippen molar-refractivity contribution in [3.05, 3.63) is 66.1 Å². The number of piperidine rings is 1. The van der Waals surface area contributed by atoms with Crippen LogP contribution >= 0.6 is 0 Å². The summed E-state index contributed by atoms with van der Waals surface area (Å²) < 4.78 is 2.21. The van der Waals surface area contributed by atoms with Gasteiger partial charge in [0.2, 0.25) is 0 Å². The van der Waals surface area contributed by atoms with Gasteiger partial charge in [0, 0.05) is 49.2 Å². The third-order valence-corrected chi connectivity index (χ3v) is 5.52. The molecule has 4 rings (SSSR count). The lowest BCUT2D eigenvalue weighted by atomic mass is 9.95. The maximum atomic E-state index is 13.5. The molecule has 1 aromatic carbocycles. The molecular formula is C23H27N5O. The van der Waals surface area contributed by atoms with Crippen molar-refractivity contribution in [3.63, 3.8) is 0 Å². The molecule has 0 unspecified atom stereocenters. The van der Waals surface area contributed by atoms with Gasteiger partial charge < -0.3 is 9.47 Å². The normalized spacial score (nSPS) is 17.0. The van der Waals surface area contributed by atoms with Gasteiger partial charge >= 0.3 is 0 Å². The third-order valence-electron chi connectivity index (χ3n) is 5.52. The number of amides is 1. The summed E-state index contributed by atoms with van der Waals surface area (Å²) >= 11 is 0. The van der Waals surface area contributed by atoms with E-state index in [1.54, 1.807) is 6.20 Å². The Hall–Kier alpha value is -3.02. The number of carbonyl (C=O) groups excluding carboxylic acids is 1. The first-order valence-corrected chi connectivity index (χ1v) is 10.3. The van der Waals surface area contributed by atoms with Crippen LogP contribution in [0.15, 0.2) is 48.9 Å². The van der Waals surface area contributed by atoms with Crippen LogP contribution < -0.4 is 0 Å². The Balaban J connectivity index is 1.63. The molecule has 29 heavy (non-hydrogen) atoms. The van der Waals surface area contributed by atoms with E-state index in [0.717, 1.165) is 30.8 Å². The quantitative estimate of drug-likeness (QED) is 0.669. The number of imidazole rings is 1. The second-order valence-electron chi connectivity index (χ2n) is 7.92. The number of nitrogens with zero attached hydrogens (tertiary/aromatic N) is 5. The molecule has 0 aliphatic carbocycles. The Labute approximate surface area is 171 Å². The van der Waals surface area contributed by atoms with Gasteiger partial charge in [-0.25, -0.2) is 15.0 Å². The second kappa shape index (κ2) is 8.15. The van der Waals surface area contributed by atoms with Crippen molar-refractivity contribution >= 4 is 5.91 Å². The van der Waals surface area contributed by atoms with Crippen LogP contribution in [0.1, 0.15) is 60.7 Å². The van der Waals surface area contributed by atoms with E-state index < -0.39 is 0 Å². The lowest BCUT2D eigenvalue weighted by Gasteiger charge is -2.33. The minimum absolute atomic E-state index is 0.00351. The van der Waals surface area contributed by atoms with Gasteiger partial charge in [0.1, 0.15) is 11.6 Å². The maximum Gasteiger partial charge on any atom is 0.257 e. The van der Waals surface area contributed by atoms with Crippen LogP contribution in [0.5, 0.6) is 0 Å². The monoisotopic (exact) mass is 389 g/mol. The summed E-state index contributed by atoms with van der Waals surface area (Å²) in [5.41, 5.74) is 2.20. The standard InChI is InChI=1S/C23H27N5O/c1-16(2)28-13-11-24-22(28)19-10-7-12-27(15-19)23(29)20-14-25-17(3)26-21(20)18-8-5-4-6-9-18/h4-6,8-9,11,13-14,16,19H,7,10,12,15H2,1-3H3/t19-/m1/s1. The number of hydrogen-bond donors (Lipinski definition) is 0. The van der Waals surface area contributed by atoms with Gasteiger partial charge in [0.05, 0.1) is 11.3 Å². The fourth-order valence-corrected chi connectivity index (χ4v) is 4.06. The number of aromatic nitrogens is 4. The first kappa shape index (κ1) is 19.3. The second-order valence-corrected chi connectivity index (χ2v) is 7.92. The zero-order valence-electron chi connectivity index (χ0n) is 17.2. The molecule has 6 nitrogen and oxygen atoms in total. The summed E-state index contributed by atoms with van der Waals surface area (Å²) in [5.74, 6) is 1.98. The van der Waals surface area contributed by atoms with Crippen LogP contribution in [-0.2, 0) is 0 Å². The molecule has 3 heterocycles. The number of rotatable bonds is 4. The van der Waals surface area contributed by atoms with E-state index in [4.69, 9.17) is 0 Å². The Bertz CT molecular complexity index is 996. The third kappa shape index (κ3) is 3.92. The highest BCUT2D eigenvalue weighted by Crippen LogP contribution is 2.30. The van der Waals surface area contributed by atoms with Crippen LogP contribution in [0.4, 0.5) is 0 Å². The van der Waals surface area contributed by atoms with Crippen molar-refractivity contribution in [2.45, 2.75) is 45.6 Å². The summed E-state index contributed by atoms with van der Waals surface area (Å²) in [6, 6.07) is 10.2. The van der Waals surface area contributed by atoms with Gasteiger partial charge in [-0.05, 0) is 33.6 Å². The van der Waals surface area contributed by atoms with Crippen LogP contribution in [-0.4, -0.2) is 43.4 Å². The minimum atomic E-state index is -0.00351. The molecule has 2 aromatic heterocycles. The van der Waals surface area contributed by atoms with Crippen LogP contribution in [0.2, 0.25) is 0 Å². The van der Waals surface area contributed by atoms with Crippen molar-refractivity contribution in [1.82, 2.24) is 24.4 Å². The fraction of sp³-hybridized carbons (Fsp3) is 0.391. The highest BCUT2D eigenvalue weighted by atomic mass is 16.2. The molecule has 0 radical (unpaired) electrons. The fourth-order valence-electron chi connectivity index (χ4n) is 4.06. The van der Waals surface area contributed by atoms with E-state index in [-0.39, 0.29) is 11.8 Å². The van der Waals surface area contributed by atoms with Crippen molar-refractivity contribution in [2.24, 2.45) is 0 Å². The molecule has 0 bridgehead atoms. The lowest BCUT2D eigenvalue weighted by Crippen LogP contribution is -2.40. The van der Waals surface area contributed by atoms with Crippen LogP contribution in [0, 0.1) is 6.92 Å². The number of benzene rings is 1. The number of likely N-dealkylation sites (tertiary alicyclic amines) is 1. The summed E-state index contributed by atoms with van der Waals surface area (Å²) in [6.45, 7) is 7.59. The molecular weight excluding hydrogens is 362 g/mol. The highest BCUT2D eigenvalue weighted by Gasteiger charge is 2.30. The van der Waals surface area contributed by atoms with Crippen molar-refractivity contribution in [1.29, 1.82) is 0 Å². The van der Waals surface area contributed by atoms with Crippen molar-refractivity contribution in [3.8, 4) is 11.3 Å². The van der Waals surface area contributed by atoms with Gasteiger partial charge in [-0.2, -0.15) is 0 Å². The summed E-state index contributed by atoms with van der Waals surface area (Å²) in [7, 11) is 0. The van der Waals surface area contributed by atoms with Crippen molar-refractivity contribution in [2.75, 3.05) is 13.1 Å². The summed E-state index contributed by atoms with van der Waals surface area (Å²) in [4.78, 5) is 28.9. The number of carbonyl (C=O) groups is 1. The molecule has 1 saturated heterocycles. The minimum Gasteiger partial charge on any atom is -0.338 e. The average molecular weight is 390 g/mol. The van der Waals surface area contributed by atoms with Gasteiger partial charge in [-0.15, -0.1) is 0 Å². The first-order chi connectivity index (χ1) is 14.0. The molecule has 3 aromatic rings. The van der Waals surface area contributed by atoms with E-state index >= 15 is 0 Å². The predicted molar refractivity (Wildman–Crippen MR) is 113 cm³/mol. The highest BCUT2D eigenvalue weighted by molar-refractivity contribution is 5.99.